The second kappa shape index (κ2) is 8.61. The molecule has 5 nitrogen and oxygen atoms in total. The summed E-state index contributed by atoms with van der Waals surface area (Å²) >= 11 is 12.0. The lowest BCUT2D eigenvalue weighted by Crippen LogP contribution is -2.29. The molecule has 1 aliphatic rings. The van der Waals surface area contributed by atoms with Crippen LogP contribution in [0.25, 0.3) is 5.82 Å². The van der Waals surface area contributed by atoms with E-state index in [1.165, 1.54) is 5.56 Å². The van der Waals surface area contributed by atoms with Crippen LogP contribution in [0.1, 0.15) is 40.3 Å². The van der Waals surface area contributed by atoms with Crippen molar-refractivity contribution in [2.24, 2.45) is 0 Å². The number of aryl methyl sites for hydroxylation is 2. The van der Waals surface area contributed by atoms with E-state index in [9.17, 15) is 0 Å². The minimum absolute atomic E-state index is 0.0843. The van der Waals surface area contributed by atoms with Gasteiger partial charge < -0.3 is 14.8 Å². The van der Waals surface area contributed by atoms with Crippen molar-refractivity contribution in [2.45, 2.75) is 32.9 Å². The maximum absolute atomic E-state index is 6.17. The number of aromatic nitrogens is 3. The second-order valence-electron chi connectivity index (χ2n) is 8.33. The average Bonchev–Trinajstić information content (AvgIpc) is 3.31. The van der Waals surface area contributed by atoms with Crippen molar-refractivity contribution in [1.82, 2.24) is 19.9 Å². The Bertz CT molecular complexity index is 1300. The number of nitrogens with one attached hydrogen (secondary N) is 1. The van der Waals surface area contributed by atoms with E-state index in [0.29, 0.717) is 10.1 Å². The van der Waals surface area contributed by atoms with Crippen LogP contribution in [-0.2, 0) is 0 Å². The first-order valence-electron chi connectivity index (χ1n) is 10.8. The predicted octanol–water partition coefficient (Wildman–Crippen LogP) is 6.02. The number of halogens is 1. The molecule has 1 saturated heterocycles. The van der Waals surface area contributed by atoms with Gasteiger partial charge >= 0.3 is 0 Å². The topological polar surface area (TPSA) is 46.0 Å². The van der Waals surface area contributed by atoms with Crippen LogP contribution in [0.2, 0.25) is 5.02 Å². The van der Waals surface area contributed by atoms with Gasteiger partial charge in [-0.05, 0) is 92.6 Å². The van der Waals surface area contributed by atoms with Crippen LogP contribution in [0.3, 0.4) is 0 Å². The number of pyridine rings is 2. The maximum atomic E-state index is 6.17. The Morgan fingerprint density at radius 1 is 0.970 bits per heavy atom. The molecule has 0 radical (unpaired) electrons. The van der Waals surface area contributed by atoms with Crippen LogP contribution < -0.4 is 10.2 Å². The van der Waals surface area contributed by atoms with Crippen LogP contribution in [0.15, 0.2) is 73.1 Å². The lowest BCUT2D eigenvalue weighted by molar-refractivity contribution is 0.565. The van der Waals surface area contributed by atoms with Crippen LogP contribution in [0, 0.1) is 20.8 Å². The molecule has 0 amide bonds. The van der Waals surface area contributed by atoms with Gasteiger partial charge in [0.05, 0.1) is 17.8 Å². The molecular formula is C26H24ClN5S. The molecule has 1 N–H and O–H groups in total. The molecule has 33 heavy (non-hydrogen) atoms. The zero-order valence-corrected chi connectivity index (χ0v) is 20.2. The Kier molecular flexibility index (Phi) is 5.64. The first kappa shape index (κ1) is 21.6. The van der Waals surface area contributed by atoms with E-state index in [4.69, 9.17) is 23.8 Å². The smallest absolute Gasteiger partial charge is 0.174 e. The lowest BCUT2D eigenvalue weighted by atomic mass is 9.96. The summed E-state index contributed by atoms with van der Waals surface area (Å²) in [6.07, 6.45) is 3.72. The first-order chi connectivity index (χ1) is 15.9. The van der Waals surface area contributed by atoms with Gasteiger partial charge in [0.2, 0.25) is 0 Å². The van der Waals surface area contributed by atoms with Gasteiger partial charge in [-0.1, -0.05) is 23.7 Å². The summed E-state index contributed by atoms with van der Waals surface area (Å²) in [5, 5.41) is 4.88. The van der Waals surface area contributed by atoms with E-state index < -0.39 is 0 Å². The van der Waals surface area contributed by atoms with Gasteiger partial charge in [0.25, 0.3) is 0 Å². The van der Waals surface area contributed by atoms with E-state index in [1.807, 2.05) is 61.8 Å². The summed E-state index contributed by atoms with van der Waals surface area (Å²) in [4.78, 5) is 11.5. The quantitative estimate of drug-likeness (QED) is 0.367. The molecule has 5 rings (SSSR count). The molecule has 2 atom stereocenters. The van der Waals surface area contributed by atoms with E-state index in [1.54, 1.807) is 0 Å². The molecule has 3 aromatic heterocycles. The van der Waals surface area contributed by atoms with Crippen LogP contribution in [0.5, 0.6) is 0 Å². The molecule has 7 heteroatoms. The third-order valence-electron chi connectivity index (χ3n) is 6.12. The molecule has 0 bridgehead atoms. The van der Waals surface area contributed by atoms with E-state index >= 15 is 0 Å². The normalized spacial score (nSPS) is 17.9. The Morgan fingerprint density at radius 2 is 1.76 bits per heavy atom. The Labute approximate surface area is 204 Å². The minimum Gasteiger partial charge on any atom is -0.351 e. The fraction of sp³-hybridized carbons (Fsp3) is 0.192. The lowest BCUT2D eigenvalue weighted by Gasteiger charge is -2.28. The molecular weight excluding hydrogens is 450 g/mol. The van der Waals surface area contributed by atoms with Crippen molar-refractivity contribution in [2.75, 3.05) is 4.90 Å². The molecule has 0 unspecified atom stereocenters. The Morgan fingerprint density at radius 3 is 2.42 bits per heavy atom. The van der Waals surface area contributed by atoms with Crippen molar-refractivity contribution in [3.8, 4) is 5.82 Å². The van der Waals surface area contributed by atoms with E-state index in [0.717, 1.165) is 34.2 Å². The minimum atomic E-state index is -0.102. The number of anilines is 1. The summed E-state index contributed by atoms with van der Waals surface area (Å²) in [5.41, 5.74) is 6.48. The number of benzene rings is 1. The van der Waals surface area contributed by atoms with Gasteiger partial charge in [-0.25, -0.2) is 4.98 Å². The highest BCUT2D eigenvalue weighted by Gasteiger charge is 2.42. The first-order valence-corrected chi connectivity index (χ1v) is 11.6. The fourth-order valence-corrected chi connectivity index (χ4v) is 5.05. The summed E-state index contributed by atoms with van der Waals surface area (Å²) in [6.45, 7) is 6.30. The summed E-state index contributed by atoms with van der Waals surface area (Å²) in [6, 6.07) is 20.0. The van der Waals surface area contributed by atoms with E-state index in [2.05, 4.69) is 56.8 Å². The van der Waals surface area contributed by atoms with Gasteiger partial charge in [0.15, 0.2) is 5.11 Å². The standard InChI is InChI=1S/C26H24ClN5S/c1-16-7-12-23(29-15-16)31-17(2)14-21(18(31)3)25-24(22-6-4-5-13-28-22)30-26(33)32(25)20-10-8-19(27)9-11-20/h4-15,24-25H,1-3H3,(H,30,33)/t24-,25+/m1/s1. The summed E-state index contributed by atoms with van der Waals surface area (Å²) < 4.78 is 2.20. The molecule has 4 aromatic rings. The second-order valence-corrected chi connectivity index (χ2v) is 9.15. The van der Waals surface area contributed by atoms with Gasteiger partial charge in [0.1, 0.15) is 5.82 Å². The zero-order chi connectivity index (χ0) is 23.1. The monoisotopic (exact) mass is 473 g/mol. The van der Waals surface area contributed by atoms with Crippen LogP contribution in [-0.4, -0.2) is 19.6 Å². The highest BCUT2D eigenvalue weighted by atomic mass is 35.5. The largest absolute Gasteiger partial charge is 0.351 e. The average molecular weight is 474 g/mol. The van der Waals surface area contributed by atoms with Gasteiger partial charge in [0, 0.05) is 34.5 Å². The number of thiocarbonyl (C=S) groups is 1. The highest BCUT2D eigenvalue weighted by molar-refractivity contribution is 7.80. The Balaban J connectivity index is 1.67. The molecule has 4 heterocycles. The maximum Gasteiger partial charge on any atom is 0.174 e. The number of nitrogens with zero attached hydrogens (tertiary/aromatic N) is 4. The van der Waals surface area contributed by atoms with Crippen molar-refractivity contribution in [1.29, 1.82) is 0 Å². The molecule has 1 aliphatic heterocycles. The number of hydrogen-bond donors (Lipinski definition) is 1. The van der Waals surface area contributed by atoms with Gasteiger partial charge in [-0.2, -0.15) is 0 Å². The third kappa shape index (κ3) is 3.90. The zero-order valence-electron chi connectivity index (χ0n) is 18.7. The molecule has 166 valence electrons. The molecule has 1 fully saturated rings. The summed E-state index contributed by atoms with van der Waals surface area (Å²) in [5.74, 6) is 0.905. The molecule has 0 aliphatic carbocycles. The van der Waals surface area contributed by atoms with Crippen molar-refractivity contribution >= 4 is 34.6 Å². The SMILES string of the molecule is Cc1ccc(-n2c(C)cc([C@H]3[C@@H](c4ccccn4)NC(=S)N3c3ccc(Cl)cc3)c2C)nc1. The van der Waals surface area contributed by atoms with Crippen LogP contribution >= 0.6 is 23.8 Å². The van der Waals surface area contributed by atoms with Crippen LogP contribution in [0.4, 0.5) is 5.69 Å². The molecule has 1 aromatic carbocycles. The van der Waals surface area contributed by atoms with Gasteiger partial charge in [-0.15, -0.1) is 0 Å². The predicted molar refractivity (Wildman–Crippen MR) is 137 cm³/mol. The van der Waals surface area contributed by atoms with Gasteiger partial charge in [-0.3, -0.25) is 4.98 Å². The van der Waals surface area contributed by atoms with E-state index in [-0.39, 0.29) is 12.1 Å². The molecule has 0 saturated carbocycles. The third-order valence-corrected chi connectivity index (χ3v) is 6.68. The van der Waals surface area contributed by atoms with Crippen molar-refractivity contribution < 1.29 is 0 Å². The van der Waals surface area contributed by atoms with Crippen molar-refractivity contribution in [3.05, 3.63) is 106 Å². The fourth-order valence-electron chi connectivity index (χ4n) is 4.58. The Hall–Kier alpha value is -3.22. The number of hydrogen-bond acceptors (Lipinski definition) is 3. The van der Waals surface area contributed by atoms with Crippen molar-refractivity contribution in [3.63, 3.8) is 0 Å². The highest BCUT2D eigenvalue weighted by Crippen LogP contribution is 2.43. The summed E-state index contributed by atoms with van der Waals surface area (Å²) in [7, 11) is 0. The molecule has 0 spiro atoms. The number of rotatable bonds is 4.